The molecule has 72 valence electrons. The summed E-state index contributed by atoms with van der Waals surface area (Å²) in [6.45, 7) is 0. The van der Waals surface area contributed by atoms with Crippen molar-refractivity contribution in [3.05, 3.63) is 12.1 Å². The van der Waals surface area contributed by atoms with E-state index in [0.29, 0.717) is 10.5 Å². The smallest absolute Gasteiger partial charge is 0.334 e. The van der Waals surface area contributed by atoms with Crippen LogP contribution in [0.2, 0.25) is 0 Å². The maximum Gasteiger partial charge on any atom is 0.334 e. The third-order valence-electron chi connectivity index (χ3n) is 1.31. The van der Waals surface area contributed by atoms with Gasteiger partial charge in [0.2, 0.25) is 11.8 Å². The molecule has 0 saturated heterocycles. The molecule has 0 radical (unpaired) electrons. The first-order valence-electron chi connectivity index (χ1n) is 3.57. The van der Waals surface area contributed by atoms with Crippen molar-refractivity contribution in [1.29, 1.82) is 0 Å². The molecule has 1 aromatic heterocycles. The summed E-state index contributed by atoms with van der Waals surface area (Å²) in [6.07, 6.45) is 0.111. The maximum atomic E-state index is 10.9. The summed E-state index contributed by atoms with van der Waals surface area (Å²) in [7, 11) is 0. The Morgan fingerprint density at radius 2 is 2.00 bits per heavy atom. The van der Waals surface area contributed by atoms with E-state index in [0.717, 1.165) is 0 Å². The van der Waals surface area contributed by atoms with Crippen molar-refractivity contribution >= 4 is 18.6 Å². The molecule has 0 amide bonds. The molecular formula is C7H9NO4S. The predicted molar refractivity (Wildman–Crippen MR) is 47.8 cm³/mol. The lowest BCUT2D eigenvalue weighted by molar-refractivity contribution is -0.144. The highest BCUT2D eigenvalue weighted by molar-refractivity contribution is 7.80. The van der Waals surface area contributed by atoms with Crippen LogP contribution in [-0.2, 0) is 4.79 Å². The number of rotatable bonds is 3. The second-order valence-electron chi connectivity index (χ2n) is 2.28. The predicted octanol–water partition coefficient (Wildman–Crippen LogP) is 0.174. The van der Waals surface area contributed by atoms with Crippen LogP contribution in [0, 0.1) is 0 Å². The SMILES string of the molecule is O=C(CCS)On1c(O)ccc1O. The first-order chi connectivity index (χ1) is 6.15. The highest BCUT2D eigenvalue weighted by Crippen LogP contribution is 2.18. The highest BCUT2D eigenvalue weighted by Gasteiger charge is 2.10. The van der Waals surface area contributed by atoms with E-state index in [2.05, 4.69) is 17.5 Å². The van der Waals surface area contributed by atoms with Gasteiger partial charge in [0.1, 0.15) is 0 Å². The molecule has 0 atom stereocenters. The zero-order valence-electron chi connectivity index (χ0n) is 6.67. The Bertz CT molecular complexity index is 290. The molecule has 0 saturated carbocycles. The number of aromatic hydroxyl groups is 2. The molecule has 0 aliphatic carbocycles. The largest absolute Gasteiger partial charge is 0.492 e. The highest BCUT2D eigenvalue weighted by atomic mass is 32.1. The molecule has 0 aliphatic heterocycles. The normalized spacial score (nSPS) is 9.92. The number of thiol groups is 1. The number of carbonyl (C=O) groups is 1. The van der Waals surface area contributed by atoms with E-state index in [1.54, 1.807) is 0 Å². The Labute approximate surface area is 79.9 Å². The van der Waals surface area contributed by atoms with Crippen LogP contribution in [0.1, 0.15) is 6.42 Å². The standard InChI is InChI=1S/C7H9NO4S/c9-5-1-2-6(10)8(5)12-7(11)3-4-13/h1-2,9-10,13H,3-4H2. The van der Waals surface area contributed by atoms with Gasteiger partial charge in [-0.2, -0.15) is 12.6 Å². The third kappa shape index (κ3) is 2.32. The summed E-state index contributed by atoms with van der Waals surface area (Å²) in [4.78, 5) is 15.5. The van der Waals surface area contributed by atoms with E-state index in [1.807, 2.05) is 0 Å². The number of hydrogen-bond donors (Lipinski definition) is 3. The minimum Gasteiger partial charge on any atom is -0.492 e. The molecule has 0 bridgehead atoms. The summed E-state index contributed by atoms with van der Waals surface area (Å²) >= 11 is 3.83. The second-order valence-corrected chi connectivity index (χ2v) is 2.73. The van der Waals surface area contributed by atoms with Crippen molar-refractivity contribution in [3.63, 3.8) is 0 Å². The molecule has 2 N–H and O–H groups in total. The average molecular weight is 203 g/mol. The van der Waals surface area contributed by atoms with Gasteiger partial charge in [-0.3, -0.25) is 0 Å². The molecule has 0 fully saturated rings. The fourth-order valence-electron chi connectivity index (χ4n) is 0.734. The van der Waals surface area contributed by atoms with Gasteiger partial charge in [0.15, 0.2) is 0 Å². The van der Waals surface area contributed by atoms with Crippen molar-refractivity contribution in [2.45, 2.75) is 6.42 Å². The van der Waals surface area contributed by atoms with Crippen molar-refractivity contribution in [1.82, 2.24) is 4.73 Å². The Balaban J connectivity index is 2.68. The first kappa shape index (κ1) is 9.79. The summed E-state index contributed by atoms with van der Waals surface area (Å²) in [5.41, 5.74) is 0. The molecule has 0 spiro atoms. The van der Waals surface area contributed by atoms with Crippen LogP contribution in [0.15, 0.2) is 12.1 Å². The monoisotopic (exact) mass is 203 g/mol. The van der Waals surface area contributed by atoms with Gasteiger partial charge in [-0.15, -0.1) is 4.73 Å². The van der Waals surface area contributed by atoms with Gasteiger partial charge in [-0.25, -0.2) is 4.79 Å². The Kier molecular flexibility index (Phi) is 3.07. The van der Waals surface area contributed by atoms with E-state index in [1.165, 1.54) is 12.1 Å². The van der Waals surface area contributed by atoms with Gasteiger partial charge in [0.05, 0.1) is 6.42 Å². The molecule has 1 heterocycles. The minimum absolute atomic E-state index is 0.111. The van der Waals surface area contributed by atoms with Crippen LogP contribution in [0.25, 0.3) is 0 Å². The van der Waals surface area contributed by atoms with Crippen LogP contribution >= 0.6 is 12.6 Å². The quantitative estimate of drug-likeness (QED) is 0.612. The molecular weight excluding hydrogens is 194 g/mol. The first-order valence-corrected chi connectivity index (χ1v) is 4.20. The second kappa shape index (κ2) is 4.08. The summed E-state index contributed by atoms with van der Waals surface area (Å²) in [5, 5.41) is 18.1. The Hall–Kier alpha value is -1.30. The lowest BCUT2D eigenvalue weighted by Gasteiger charge is -2.05. The minimum atomic E-state index is -0.572. The molecule has 5 nitrogen and oxygen atoms in total. The molecule has 1 rings (SSSR count). The van der Waals surface area contributed by atoms with Crippen molar-refractivity contribution < 1.29 is 19.8 Å². The summed E-state index contributed by atoms with van der Waals surface area (Å²) in [5.74, 6) is -0.881. The van der Waals surface area contributed by atoms with Gasteiger partial charge in [0, 0.05) is 17.9 Å². The lowest BCUT2D eigenvalue weighted by atomic mass is 10.5. The van der Waals surface area contributed by atoms with E-state index >= 15 is 0 Å². The topological polar surface area (TPSA) is 71.7 Å². The molecule has 6 heteroatoms. The maximum absolute atomic E-state index is 10.9. The molecule has 0 unspecified atom stereocenters. The third-order valence-corrected chi connectivity index (χ3v) is 1.53. The fraction of sp³-hybridized carbons (Fsp3) is 0.286. The number of hydrogen-bond acceptors (Lipinski definition) is 5. The van der Waals surface area contributed by atoms with E-state index < -0.39 is 5.97 Å². The zero-order valence-corrected chi connectivity index (χ0v) is 7.57. The fourth-order valence-corrected chi connectivity index (χ4v) is 0.917. The van der Waals surface area contributed by atoms with E-state index in [9.17, 15) is 4.79 Å². The van der Waals surface area contributed by atoms with Crippen LogP contribution in [-0.4, -0.2) is 26.7 Å². The zero-order chi connectivity index (χ0) is 9.84. The number of aromatic nitrogens is 1. The van der Waals surface area contributed by atoms with Crippen LogP contribution in [0.3, 0.4) is 0 Å². The Morgan fingerprint density at radius 3 is 2.46 bits per heavy atom. The summed E-state index contributed by atoms with van der Waals surface area (Å²) < 4.78 is 0.645. The van der Waals surface area contributed by atoms with Gasteiger partial charge in [0.25, 0.3) is 0 Å². The van der Waals surface area contributed by atoms with E-state index in [4.69, 9.17) is 10.2 Å². The van der Waals surface area contributed by atoms with Gasteiger partial charge >= 0.3 is 5.97 Å². The van der Waals surface area contributed by atoms with Crippen molar-refractivity contribution in [3.8, 4) is 11.8 Å². The van der Waals surface area contributed by atoms with Crippen molar-refractivity contribution in [2.75, 3.05) is 5.75 Å². The molecule has 0 aromatic carbocycles. The number of carbonyl (C=O) groups excluding carboxylic acids is 1. The molecule has 1 aromatic rings. The lowest BCUT2D eigenvalue weighted by Crippen LogP contribution is -2.18. The summed E-state index contributed by atoms with van der Waals surface area (Å²) in [6, 6.07) is 2.42. The molecule has 13 heavy (non-hydrogen) atoms. The van der Waals surface area contributed by atoms with Gasteiger partial charge < -0.3 is 15.1 Å². The number of nitrogens with zero attached hydrogens (tertiary/aromatic N) is 1. The van der Waals surface area contributed by atoms with Gasteiger partial charge in [-0.1, -0.05) is 0 Å². The Morgan fingerprint density at radius 1 is 1.46 bits per heavy atom. The average Bonchev–Trinajstić information content (AvgIpc) is 2.36. The van der Waals surface area contributed by atoms with Crippen LogP contribution in [0.4, 0.5) is 0 Å². The van der Waals surface area contributed by atoms with Crippen LogP contribution in [0.5, 0.6) is 11.8 Å². The van der Waals surface area contributed by atoms with Crippen molar-refractivity contribution in [2.24, 2.45) is 0 Å². The van der Waals surface area contributed by atoms with Gasteiger partial charge in [-0.05, 0) is 0 Å². The van der Waals surface area contributed by atoms with Crippen LogP contribution < -0.4 is 4.84 Å². The van der Waals surface area contributed by atoms with E-state index in [-0.39, 0.29) is 18.2 Å². The molecule has 0 aliphatic rings.